The fourth-order valence-corrected chi connectivity index (χ4v) is 4.34. The molecule has 116 valence electrons. The van der Waals surface area contributed by atoms with Crippen molar-refractivity contribution in [3.63, 3.8) is 0 Å². The first-order valence-corrected chi connectivity index (χ1v) is 8.60. The van der Waals surface area contributed by atoms with Crippen LogP contribution in [0.4, 0.5) is 5.13 Å². The number of anilines is 1. The van der Waals surface area contributed by atoms with E-state index in [1.807, 2.05) is 0 Å². The number of hydrogen-bond donors (Lipinski definition) is 2. The van der Waals surface area contributed by atoms with E-state index in [1.54, 1.807) is 11.3 Å². The van der Waals surface area contributed by atoms with E-state index in [2.05, 4.69) is 22.2 Å². The molecule has 0 radical (unpaired) electrons. The molecule has 2 aliphatic rings. The van der Waals surface area contributed by atoms with Crippen LogP contribution in [0.2, 0.25) is 0 Å². The lowest BCUT2D eigenvalue weighted by molar-refractivity contribution is -0.138. The molecule has 1 aliphatic carbocycles. The Bertz CT molecular complexity index is 509. The second kappa shape index (κ2) is 6.32. The molecule has 1 aromatic rings. The zero-order chi connectivity index (χ0) is 14.8. The Balaban J connectivity index is 1.48. The Hall–Kier alpha value is -1.14. The quantitative estimate of drug-likeness (QED) is 0.874. The Kier molecular flexibility index (Phi) is 4.45. The van der Waals surface area contributed by atoms with Crippen LogP contribution in [-0.2, 0) is 11.2 Å². The van der Waals surface area contributed by atoms with E-state index in [0.29, 0.717) is 6.42 Å². The van der Waals surface area contributed by atoms with Gasteiger partial charge in [-0.3, -0.25) is 4.79 Å². The third kappa shape index (κ3) is 3.37. The third-order valence-electron chi connectivity index (χ3n) is 4.68. The van der Waals surface area contributed by atoms with Crippen LogP contribution in [-0.4, -0.2) is 47.6 Å². The summed E-state index contributed by atoms with van der Waals surface area (Å²) >= 11 is 1.64. The molecule has 1 saturated heterocycles. The van der Waals surface area contributed by atoms with E-state index in [0.717, 1.165) is 34.6 Å². The first-order valence-electron chi connectivity index (χ1n) is 7.78. The number of carboxylic acid groups (broad SMARTS) is 1. The fourth-order valence-electron chi connectivity index (χ4n) is 3.28. The predicted octanol–water partition coefficient (Wildman–Crippen LogP) is 2.40. The van der Waals surface area contributed by atoms with Crippen LogP contribution >= 0.6 is 11.3 Å². The average molecular weight is 309 g/mol. The molecule has 0 amide bonds. The van der Waals surface area contributed by atoms with Crippen LogP contribution in [0.3, 0.4) is 0 Å². The van der Waals surface area contributed by atoms with Gasteiger partial charge in [-0.1, -0.05) is 0 Å². The highest BCUT2D eigenvalue weighted by Crippen LogP contribution is 2.38. The van der Waals surface area contributed by atoms with Gasteiger partial charge >= 0.3 is 5.97 Å². The topological polar surface area (TPSA) is 65.5 Å². The van der Waals surface area contributed by atoms with Crippen molar-refractivity contribution in [1.82, 2.24) is 9.88 Å². The molecule has 21 heavy (non-hydrogen) atoms. The van der Waals surface area contributed by atoms with Crippen molar-refractivity contribution in [2.45, 2.75) is 38.0 Å². The van der Waals surface area contributed by atoms with Crippen LogP contribution in [0.15, 0.2) is 0 Å². The molecule has 1 aliphatic heterocycles. The maximum Gasteiger partial charge on any atom is 0.312 e. The third-order valence-corrected chi connectivity index (χ3v) is 5.77. The fraction of sp³-hybridized carbons (Fsp3) is 0.733. The van der Waals surface area contributed by atoms with Gasteiger partial charge in [-0.05, 0) is 58.2 Å². The van der Waals surface area contributed by atoms with Crippen molar-refractivity contribution < 1.29 is 9.90 Å². The van der Waals surface area contributed by atoms with Gasteiger partial charge in [0.15, 0.2) is 5.13 Å². The molecule has 0 spiro atoms. The van der Waals surface area contributed by atoms with Gasteiger partial charge in [-0.15, -0.1) is 11.3 Å². The summed E-state index contributed by atoms with van der Waals surface area (Å²) in [5.74, 6) is -0.315. The lowest BCUT2D eigenvalue weighted by Gasteiger charge is -2.28. The summed E-state index contributed by atoms with van der Waals surface area (Å²) in [6.07, 6.45) is 5.32. The molecule has 1 unspecified atom stereocenters. The van der Waals surface area contributed by atoms with Gasteiger partial charge < -0.3 is 15.3 Å². The lowest BCUT2D eigenvalue weighted by atomic mass is 9.94. The van der Waals surface area contributed by atoms with E-state index >= 15 is 0 Å². The van der Waals surface area contributed by atoms with Gasteiger partial charge in [0.2, 0.25) is 0 Å². The first kappa shape index (κ1) is 14.8. The second-order valence-corrected chi connectivity index (χ2v) is 7.30. The predicted molar refractivity (Wildman–Crippen MR) is 84.1 cm³/mol. The van der Waals surface area contributed by atoms with Gasteiger partial charge in [0.1, 0.15) is 5.92 Å². The number of carbonyl (C=O) groups is 1. The molecule has 6 heteroatoms. The van der Waals surface area contributed by atoms with Crippen molar-refractivity contribution in [3.05, 3.63) is 10.6 Å². The van der Waals surface area contributed by atoms with Crippen molar-refractivity contribution in [3.8, 4) is 0 Å². The first-order chi connectivity index (χ1) is 10.1. The minimum absolute atomic E-state index is 0.388. The van der Waals surface area contributed by atoms with Crippen LogP contribution in [0.1, 0.15) is 42.2 Å². The largest absolute Gasteiger partial charge is 0.481 e. The molecule has 1 fully saturated rings. The number of thiazole rings is 1. The second-order valence-electron chi connectivity index (χ2n) is 6.22. The Labute approximate surface area is 129 Å². The molecule has 3 rings (SSSR count). The number of nitrogens with zero attached hydrogens (tertiary/aromatic N) is 2. The molecule has 2 N–H and O–H groups in total. The zero-order valence-electron chi connectivity index (χ0n) is 12.5. The van der Waals surface area contributed by atoms with Crippen molar-refractivity contribution in [2.24, 2.45) is 5.92 Å². The minimum Gasteiger partial charge on any atom is -0.481 e. The Morgan fingerprint density at radius 1 is 1.43 bits per heavy atom. The van der Waals surface area contributed by atoms with Gasteiger partial charge in [0.25, 0.3) is 0 Å². The average Bonchev–Trinajstić information content (AvgIpc) is 3.00. The number of nitrogens with one attached hydrogen (secondary N) is 1. The van der Waals surface area contributed by atoms with Crippen LogP contribution in [0.5, 0.6) is 0 Å². The van der Waals surface area contributed by atoms with Crippen LogP contribution in [0, 0.1) is 5.92 Å². The molecule has 2 heterocycles. The molecule has 0 aromatic carbocycles. The van der Waals surface area contributed by atoms with Gasteiger partial charge in [0, 0.05) is 11.4 Å². The monoisotopic (exact) mass is 309 g/mol. The maximum absolute atomic E-state index is 11.2. The van der Waals surface area contributed by atoms with E-state index in [4.69, 9.17) is 0 Å². The molecular weight excluding hydrogens is 286 g/mol. The number of likely N-dealkylation sites (tertiary alicyclic amines) is 1. The zero-order valence-corrected chi connectivity index (χ0v) is 13.3. The number of rotatable bonds is 5. The number of piperidine rings is 1. The number of hydrogen-bond acceptors (Lipinski definition) is 5. The minimum atomic E-state index is -0.739. The number of carboxylic acids is 1. The van der Waals surface area contributed by atoms with Gasteiger partial charge in [-0.2, -0.15) is 0 Å². The van der Waals surface area contributed by atoms with Gasteiger partial charge in [0.05, 0.1) is 5.69 Å². The SMILES string of the molecule is CN1CCC(CCNc2nc3c(s2)CCC3C(=O)O)CC1. The summed E-state index contributed by atoms with van der Waals surface area (Å²) < 4.78 is 0. The summed E-state index contributed by atoms with van der Waals surface area (Å²) in [5, 5.41) is 13.5. The summed E-state index contributed by atoms with van der Waals surface area (Å²) in [5.41, 5.74) is 0.800. The van der Waals surface area contributed by atoms with E-state index in [1.165, 1.54) is 32.4 Å². The standard InChI is InChI=1S/C15H23N3O2S/c1-18-8-5-10(6-9-18)4-7-16-15-17-13-11(14(19)20)2-3-12(13)21-15/h10-11H,2-9H2,1H3,(H,16,17)(H,19,20). The molecule has 0 saturated carbocycles. The normalized spacial score (nSPS) is 23.2. The Morgan fingerprint density at radius 3 is 2.90 bits per heavy atom. The van der Waals surface area contributed by atoms with E-state index < -0.39 is 5.97 Å². The summed E-state index contributed by atoms with van der Waals surface area (Å²) in [6.45, 7) is 3.35. The summed E-state index contributed by atoms with van der Waals surface area (Å²) in [4.78, 5) is 19.2. The number of fused-ring (bicyclic) bond motifs is 1. The van der Waals surface area contributed by atoms with E-state index in [-0.39, 0.29) is 5.92 Å². The smallest absolute Gasteiger partial charge is 0.312 e. The summed E-state index contributed by atoms with van der Waals surface area (Å²) in [7, 11) is 2.18. The molecule has 1 aromatic heterocycles. The molecule has 0 bridgehead atoms. The molecule has 1 atom stereocenters. The number of aliphatic carboxylic acids is 1. The van der Waals surface area contributed by atoms with Gasteiger partial charge in [-0.25, -0.2) is 4.98 Å². The Morgan fingerprint density at radius 2 is 2.19 bits per heavy atom. The molecule has 5 nitrogen and oxygen atoms in total. The highest BCUT2D eigenvalue weighted by molar-refractivity contribution is 7.15. The lowest BCUT2D eigenvalue weighted by Crippen LogP contribution is -2.30. The van der Waals surface area contributed by atoms with E-state index in [9.17, 15) is 9.90 Å². The maximum atomic E-state index is 11.2. The number of aryl methyl sites for hydroxylation is 1. The van der Waals surface area contributed by atoms with Crippen molar-refractivity contribution in [1.29, 1.82) is 0 Å². The summed E-state index contributed by atoms with van der Waals surface area (Å²) in [6, 6.07) is 0. The van der Waals surface area contributed by atoms with Crippen LogP contribution in [0.25, 0.3) is 0 Å². The highest BCUT2D eigenvalue weighted by Gasteiger charge is 2.32. The number of aromatic nitrogens is 1. The molecular formula is C15H23N3O2S. The van der Waals surface area contributed by atoms with Crippen molar-refractivity contribution in [2.75, 3.05) is 32.0 Å². The highest BCUT2D eigenvalue weighted by atomic mass is 32.1. The van der Waals surface area contributed by atoms with Crippen molar-refractivity contribution >= 4 is 22.4 Å². The van der Waals surface area contributed by atoms with Crippen LogP contribution < -0.4 is 5.32 Å².